The third-order valence-electron chi connectivity index (χ3n) is 6.03. The first-order valence-corrected chi connectivity index (χ1v) is 10.4. The zero-order valence-corrected chi connectivity index (χ0v) is 17.4. The largest absolute Gasteiger partial charge is 0.378 e. The number of hydrogen-bond donors (Lipinski definition) is 0. The summed E-state index contributed by atoms with van der Waals surface area (Å²) in [4.78, 5) is 36.0. The van der Waals surface area contributed by atoms with E-state index >= 15 is 0 Å². The molecule has 0 radical (unpaired) electrons. The van der Waals surface area contributed by atoms with Crippen molar-refractivity contribution < 1.29 is 18.7 Å². The Morgan fingerprint density at radius 2 is 1.73 bits per heavy atom. The first-order chi connectivity index (χ1) is 14.4. The lowest BCUT2D eigenvalue weighted by Gasteiger charge is -2.39. The number of rotatable bonds is 3. The molecule has 4 rings (SSSR count). The normalized spacial score (nSPS) is 19.2. The van der Waals surface area contributed by atoms with Gasteiger partial charge in [0.05, 0.1) is 36.0 Å². The van der Waals surface area contributed by atoms with Gasteiger partial charge in [0, 0.05) is 50.7 Å². The first kappa shape index (κ1) is 20.7. The Morgan fingerprint density at radius 3 is 2.43 bits per heavy atom. The topological polar surface area (TPSA) is 66.0 Å². The zero-order chi connectivity index (χ0) is 21.3. The van der Waals surface area contributed by atoms with Crippen LogP contribution in [0.1, 0.15) is 23.0 Å². The van der Waals surface area contributed by atoms with Gasteiger partial charge in [0.2, 0.25) is 5.91 Å². The van der Waals surface area contributed by atoms with Gasteiger partial charge in [-0.25, -0.2) is 4.39 Å². The fourth-order valence-corrected chi connectivity index (χ4v) is 4.14. The third kappa shape index (κ3) is 4.15. The van der Waals surface area contributed by atoms with Gasteiger partial charge in [-0.05, 0) is 32.0 Å². The minimum atomic E-state index is -0.342. The van der Waals surface area contributed by atoms with Gasteiger partial charge in [0.15, 0.2) is 0 Å². The van der Waals surface area contributed by atoms with Crippen molar-refractivity contribution >= 4 is 22.7 Å². The highest BCUT2D eigenvalue weighted by Gasteiger charge is 2.31. The minimum Gasteiger partial charge on any atom is -0.378 e. The van der Waals surface area contributed by atoms with Gasteiger partial charge in [-0.3, -0.25) is 19.5 Å². The van der Waals surface area contributed by atoms with Crippen LogP contribution in [0.4, 0.5) is 4.39 Å². The summed E-state index contributed by atoms with van der Waals surface area (Å²) in [5.74, 6) is -0.289. The number of morpholine rings is 1. The number of hydrogen-bond acceptors (Lipinski definition) is 5. The van der Waals surface area contributed by atoms with Crippen molar-refractivity contribution in [3.63, 3.8) is 0 Å². The van der Waals surface area contributed by atoms with Crippen molar-refractivity contribution in [1.82, 2.24) is 19.7 Å². The summed E-state index contributed by atoms with van der Waals surface area (Å²) in [5, 5.41) is 0.744. The summed E-state index contributed by atoms with van der Waals surface area (Å²) in [7, 11) is 0. The Kier molecular flexibility index (Phi) is 5.97. The quantitative estimate of drug-likeness (QED) is 0.765. The number of nitrogens with zero attached hydrogens (tertiary/aromatic N) is 4. The molecule has 8 heteroatoms. The van der Waals surface area contributed by atoms with E-state index in [1.807, 2.05) is 16.7 Å². The SMILES string of the molecule is Cc1nc2cc(F)ccc2cc1C(=O)N1CCN(C(C)C(=O)N2CCOCC2)CC1. The molecule has 0 bridgehead atoms. The average Bonchev–Trinajstić information content (AvgIpc) is 2.78. The Balaban J connectivity index is 1.40. The van der Waals surface area contributed by atoms with Crippen LogP contribution in [-0.4, -0.2) is 90.0 Å². The standard InChI is InChI=1S/C22H27FN4O3/c1-15-19(13-17-3-4-18(23)14-20(17)24-15)22(29)26-7-5-25(6-8-26)16(2)21(28)27-9-11-30-12-10-27/h3-4,13-14,16H,5-12H2,1-2H3. The molecule has 0 aliphatic carbocycles. The van der Waals surface area contributed by atoms with E-state index in [2.05, 4.69) is 9.88 Å². The van der Waals surface area contributed by atoms with Gasteiger partial charge in [0.25, 0.3) is 5.91 Å². The summed E-state index contributed by atoms with van der Waals surface area (Å²) in [5.41, 5.74) is 1.68. The van der Waals surface area contributed by atoms with Gasteiger partial charge in [-0.15, -0.1) is 0 Å². The lowest BCUT2D eigenvalue weighted by molar-refractivity contribution is -0.141. The molecule has 2 fully saturated rings. The molecule has 0 saturated carbocycles. The second kappa shape index (κ2) is 8.65. The van der Waals surface area contributed by atoms with E-state index in [9.17, 15) is 14.0 Å². The lowest BCUT2D eigenvalue weighted by Crippen LogP contribution is -2.56. The van der Waals surface area contributed by atoms with E-state index < -0.39 is 0 Å². The maximum Gasteiger partial charge on any atom is 0.255 e. The second-order valence-electron chi connectivity index (χ2n) is 7.90. The number of fused-ring (bicyclic) bond motifs is 1. The van der Waals surface area contributed by atoms with Crippen LogP contribution in [0.5, 0.6) is 0 Å². The van der Waals surface area contributed by atoms with Gasteiger partial charge in [-0.1, -0.05) is 0 Å². The molecule has 2 saturated heterocycles. The Hall–Kier alpha value is -2.58. The zero-order valence-electron chi connectivity index (χ0n) is 17.4. The number of benzene rings is 1. The summed E-state index contributed by atoms with van der Waals surface area (Å²) in [6, 6.07) is 5.97. The number of ether oxygens (including phenoxy) is 1. The predicted molar refractivity (Wildman–Crippen MR) is 111 cm³/mol. The number of aromatic nitrogens is 1. The molecule has 2 amide bonds. The summed E-state index contributed by atoms with van der Waals surface area (Å²) >= 11 is 0. The highest BCUT2D eigenvalue weighted by molar-refractivity contribution is 5.98. The highest BCUT2D eigenvalue weighted by atomic mass is 19.1. The lowest BCUT2D eigenvalue weighted by atomic mass is 10.1. The minimum absolute atomic E-state index is 0.0713. The van der Waals surface area contributed by atoms with E-state index in [4.69, 9.17) is 4.74 Å². The van der Waals surface area contributed by atoms with Crippen molar-refractivity contribution in [2.45, 2.75) is 19.9 Å². The molecule has 7 nitrogen and oxygen atoms in total. The van der Waals surface area contributed by atoms with Crippen LogP contribution in [0.15, 0.2) is 24.3 Å². The molecule has 30 heavy (non-hydrogen) atoms. The number of carbonyl (C=O) groups excluding carboxylic acids is 2. The van der Waals surface area contributed by atoms with Crippen LogP contribution in [0.2, 0.25) is 0 Å². The van der Waals surface area contributed by atoms with Crippen molar-refractivity contribution in [2.75, 3.05) is 52.5 Å². The first-order valence-electron chi connectivity index (χ1n) is 10.4. The number of aryl methyl sites for hydroxylation is 1. The molecular weight excluding hydrogens is 387 g/mol. The van der Waals surface area contributed by atoms with Gasteiger partial charge < -0.3 is 14.5 Å². The predicted octanol–water partition coefficient (Wildman–Crippen LogP) is 1.69. The van der Waals surface area contributed by atoms with Crippen molar-refractivity contribution in [3.8, 4) is 0 Å². The monoisotopic (exact) mass is 414 g/mol. The molecule has 0 spiro atoms. The number of halogens is 1. The third-order valence-corrected chi connectivity index (χ3v) is 6.03. The molecule has 0 N–H and O–H groups in total. The molecule has 3 heterocycles. The molecule has 2 aromatic rings. The maximum absolute atomic E-state index is 13.4. The molecule has 2 aliphatic rings. The molecule has 2 aliphatic heterocycles. The fraction of sp³-hybridized carbons (Fsp3) is 0.500. The van der Waals surface area contributed by atoms with Crippen LogP contribution in [-0.2, 0) is 9.53 Å². The Morgan fingerprint density at radius 1 is 1.03 bits per heavy atom. The van der Waals surface area contributed by atoms with Crippen molar-refractivity contribution in [3.05, 3.63) is 41.3 Å². The average molecular weight is 414 g/mol. The summed E-state index contributed by atoms with van der Waals surface area (Å²) in [6.45, 7) is 8.57. The van der Waals surface area contributed by atoms with E-state index in [1.165, 1.54) is 12.1 Å². The maximum atomic E-state index is 13.4. The Bertz CT molecular complexity index is 953. The molecular formula is C22H27FN4O3. The second-order valence-corrected chi connectivity index (χ2v) is 7.90. The molecule has 1 atom stereocenters. The summed E-state index contributed by atoms with van der Waals surface area (Å²) < 4.78 is 18.8. The number of pyridine rings is 1. The molecule has 1 aromatic heterocycles. The van der Waals surface area contributed by atoms with Crippen LogP contribution in [0, 0.1) is 12.7 Å². The van der Waals surface area contributed by atoms with Crippen molar-refractivity contribution in [1.29, 1.82) is 0 Å². The molecule has 1 unspecified atom stereocenters. The smallest absolute Gasteiger partial charge is 0.255 e. The fourth-order valence-electron chi connectivity index (χ4n) is 4.14. The van der Waals surface area contributed by atoms with E-state index in [1.54, 1.807) is 19.1 Å². The van der Waals surface area contributed by atoms with E-state index in [-0.39, 0.29) is 23.7 Å². The molecule has 160 valence electrons. The van der Waals surface area contributed by atoms with Crippen molar-refractivity contribution in [2.24, 2.45) is 0 Å². The molecule has 1 aromatic carbocycles. The highest BCUT2D eigenvalue weighted by Crippen LogP contribution is 2.20. The van der Waals surface area contributed by atoms with Crippen LogP contribution < -0.4 is 0 Å². The van der Waals surface area contributed by atoms with Gasteiger partial charge in [-0.2, -0.15) is 0 Å². The van der Waals surface area contributed by atoms with E-state index in [0.717, 1.165) is 5.39 Å². The Labute approximate surface area is 175 Å². The van der Waals surface area contributed by atoms with Gasteiger partial charge in [0.1, 0.15) is 5.82 Å². The number of piperazine rings is 1. The van der Waals surface area contributed by atoms with Crippen LogP contribution >= 0.6 is 0 Å². The number of amides is 2. The summed E-state index contributed by atoms with van der Waals surface area (Å²) in [6.07, 6.45) is 0. The van der Waals surface area contributed by atoms with E-state index in [0.29, 0.717) is 69.3 Å². The van der Waals surface area contributed by atoms with Gasteiger partial charge >= 0.3 is 0 Å². The van der Waals surface area contributed by atoms with Crippen LogP contribution in [0.3, 0.4) is 0 Å². The van der Waals surface area contributed by atoms with Crippen LogP contribution in [0.25, 0.3) is 10.9 Å². The number of carbonyl (C=O) groups is 2.